The van der Waals surface area contributed by atoms with Crippen molar-refractivity contribution in [2.75, 3.05) is 18.1 Å². The molecule has 1 aliphatic heterocycles. The molecule has 1 N–H and O–H groups in total. The number of thiophene rings is 1. The van der Waals surface area contributed by atoms with Crippen LogP contribution in [0.25, 0.3) is 0 Å². The summed E-state index contributed by atoms with van der Waals surface area (Å²) in [4.78, 5) is 15.7. The molecule has 1 fully saturated rings. The largest absolute Gasteiger partial charge is 0.322 e. The van der Waals surface area contributed by atoms with Gasteiger partial charge in [0, 0.05) is 23.4 Å². The lowest BCUT2D eigenvalue weighted by molar-refractivity contribution is 0.208. The van der Waals surface area contributed by atoms with Crippen LogP contribution in [0.5, 0.6) is 0 Å². The second-order valence-corrected chi connectivity index (χ2v) is 9.14. The van der Waals surface area contributed by atoms with Gasteiger partial charge in [0.25, 0.3) is 0 Å². The molecule has 24 heavy (non-hydrogen) atoms. The number of benzene rings is 1. The SMILES string of the molecule is CS(=O)(=O)Cc1ccccc1NC(=O)N1CCC[C@H]1c1cccs1. The van der Waals surface area contributed by atoms with Crippen LogP contribution in [0.1, 0.15) is 29.3 Å². The van der Waals surface area contributed by atoms with Crippen LogP contribution in [0.2, 0.25) is 0 Å². The maximum atomic E-state index is 12.7. The Morgan fingerprint density at radius 3 is 2.79 bits per heavy atom. The van der Waals surface area contributed by atoms with Crippen LogP contribution < -0.4 is 5.32 Å². The highest BCUT2D eigenvalue weighted by Crippen LogP contribution is 2.35. The fourth-order valence-electron chi connectivity index (χ4n) is 3.02. The molecule has 0 unspecified atom stereocenters. The molecule has 7 heteroatoms. The van der Waals surface area contributed by atoms with Crippen LogP contribution in [0.15, 0.2) is 41.8 Å². The van der Waals surface area contributed by atoms with Crippen LogP contribution in [0.3, 0.4) is 0 Å². The summed E-state index contributed by atoms with van der Waals surface area (Å²) in [5, 5.41) is 4.91. The van der Waals surface area contributed by atoms with Gasteiger partial charge in [0.15, 0.2) is 9.84 Å². The summed E-state index contributed by atoms with van der Waals surface area (Å²) in [7, 11) is -3.16. The fraction of sp³-hybridized carbons (Fsp3) is 0.353. The maximum absolute atomic E-state index is 12.7. The van der Waals surface area contributed by atoms with E-state index in [4.69, 9.17) is 0 Å². The number of nitrogens with one attached hydrogen (secondary N) is 1. The number of hydrogen-bond donors (Lipinski definition) is 1. The number of rotatable bonds is 4. The lowest BCUT2D eigenvalue weighted by atomic mass is 10.2. The van der Waals surface area contributed by atoms with Gasteiger partial charge in [-0.3, -0.25) is 0 Å². The van der Waals surface area contributed by atoms with Crippen molar-refractivity contribution in [1.29, 1.82) is 0 Å². The third kappa shape index (κ3) is 3.96. The molecule has 1 aliphatic rings. The van der Waals surface area contributed by atoms with Crippen LogP contribution in [-0.2, 0) is 15.6 Å². The Balaban J connectivity index is 1.78. The van der Waals surface area contributed by atoms with E-state index in [-0.39, 0.29) is 17.8 Å². The van der Waals surface area contributed by atoms with E-state index >= 15 is 0 Å². The van der Waals surface area contributed by atoms with Crippen molar-refractivity contribution < 1.29 is 13.2 Å². The summed E-state index contributed by atoms with van der Waals surface area (Å²) < 4.78 is 23.2. The second kappa shape index (κ2) is 6.94. The minimum absolute atomic E-state index is 0.0855. The van der Waals surface area contributed by atoms with Gasteiger partial charge in [0.05, 0.1) is 11.8 Å². The fourth-order valence-corrected chi connectivity index (χ4v) is 4.71. The molecule has 1 atom stereocenters. The Morgan fingerprint density at radius 1 is 1.29 bits per heavy atom. The zero-order valence-electron chi connectivity index (χ0n) is 13.4. The standard InChI is InChI=1S/C17H20N2O3S2/c1-24(21,22)12-13-6-2-3-7-14(13)18-17(20)19-10-4-8-15(19)16-9-5-11-23-16/h2-3,5-7,9,11,15H,4,8,10,12H2,1H3,(H,18,20)/t15-/m0/s1. The van der Waals surface area contributed by atoms with Crippen LogP contribution in [0.4, 0.5) is 10.5 Å². The van der Waals surface area contributed by atoms with Crippen molar-refractivity contribution in [2.24, 2.45) is 0 Å². The highest BCUT2D eigenvalue weighted by molar-refractivity contribution is 7.89. The normalized spacial score (nSPS) is 17.9. The molecule has 2 heterocycles. The topological polar surface area (TPSA) is 66.5 Å². The first-order valence-corrected chi connectivity index (χ1v) is 10.7. The lowest BCUT2D eigenvalue weighted by Gasteiger charge is -2.24. The summed E-state index contributed by atoms with van der Waals surface area (Å²) in [6.07, 6.45) is 3.12. The Bertz CT molecular complexity index is 816. The number of carbonyl (C=O) groups excluding carboxylic acids is 1. The van der Waals surface area contributed by atoms with E-state index in [1.165, 1.54) is 11.1 Å². The summed E-state index contributed by atoms with van der Waals surface area (Å²) in [5.41, 5.74) is 1.17. The number of para-hydroxylation sites is 1. The van der Waals surface area contributed by atoms with Crippen LogP contribution in [-0.4, -0.2) is 32.1 Å². The van der Waals surface area contributed by atoms with Gasteiger partial charge in [0.2, 0.25) is 0 Å². The molecule has 128 valence electrons. The number of nitrogens with zero attached hydrogens (tertiary/aromatic N) is 1. The van der Waals surface area contributed by atoms with E-state index in [0.717, 1.165) is 12.8 Å². The average molecular weight is 364 g/mol. The van der Waals surface area contributed by atoms with Crippen LogP contribution >= 0.6 is 11.3 Å². The van der Waals surface area contributed by atoms with Crippen molar-refractivity contribution in [3.63, 3.8) is 0 Å². The summed E-state index contributed by atoms with van der Waals surface area (Å²) in [6, 6.07) is 11.0. The number of amides is 2. The van der Waals surface area contributed by atoms with Crippen molar-refractivity contribution in [2.45, 2.75) is 24.6 Å². The maximum Gasteiger partial charge on any atom is 0.322 e. The predicted molar refractivity (Wildman–Crippen MR) is 97.0 cm³/mol. The molecule has 2 amide bonds. The zero-order valence-corrected chi connectivity index (χ0v) is 15.1. The molecule has 0 saturated carbocycles. The Hall–Kier alpha value is -1.86. The van der Waals surface area contributed by atoms with Gasteiger partial charge in [-0.1, -0.05) is 24.3 Å². The number of anilines is 1. The van der Waals surface area contributed by atoms with E-state index in [1.807, 2.05) is 16.3 Å². The van der Waals surface area contributed by atoms with Gasteiger partial charge >= 0.3 is 6.03 Å². The number of sulfone groups is 1. The molecular weight excluding hydrogens is 344 g/mol. The first-order valence-electron chi connectivity index (χ1n) is 7.81. The van der Waals surface area contributed by atoms with Gasteiger partial charge < -0.3 is 10.2 Å². The summed E-state index contributed by atoms with van der Waals surface area (Å²) >= 11 is 1.66. The first kappa shape index (κ1) is 17.0. The first-order chi connectivity index (χ1) is 11.4. The van der Waals surface area contributed by atoms with Gasteiger partial charge in [-0.2, -0.15) is 0 Å². The van der Waals surface area contributed by atoms with Crippen molar-refractivity contribution in [3.05, 3.63) is 52.2 Å². The minimum Gasteiger partial charge on any atom is -0.317 e. The molecule has 0 radical (unpaired) electrons. The number of likely N-dealkylation sites (tertiary alicyclic amines) is 1. The Labute approximate surface area is 146 Å². The van der Waals surface area contributed by atoms with E-state index in [2.05, 4.69) is 11.4 Å². The molecule has 3 rings (SSSR count). The average Bonchev–Trinajstić information content (AvgIpc) is 3.18. The smallest absolute Gasteiger partial charge is 0.317 e. The molecular formula is C17H20N2O3S2. The molecule has 0 bridgehead atoms. The molecule has 2 aromatic rings. The molecule has 1 aromatic heterocycles. The quantitative estimate of drug-likeness (QED) is 0.900. The van der Waals surface area contributed by atoms with Gasteiger partial charge in [-0.05, 0) is 35.9 Å². The summed E-state index contributed by atoms with van der Waals surface area (Å²) in [5.74, 6) is -0.0855. The number of hydrogen-bond acceptors (Lipinski definition) is 4. The molecule has 1 aromatic carbocycles. The zero-order chi connectivity index (χ0) is 17.2. The summed E-state index contributed by atoms with van der Waals surface area (Å²) in [6.45, 7) is 0.711. The van der Waals surface area contributed by atoms with E-state index < -0.39 is 9.84 Å². The Kier molecular flexibility index (Phi) is 4.91. The van der Waals surface area contributed by atoms with Crippen molar-refractivity contribution in [1.82, 2.24) is 4.90 Å². The van der Waals surface area contributed by atoms with Gasteiger partial charge in [-0.25, -0.2) is 13.2 Å². The second-order valence-electron chi connectivity index (χ2n) is 6.02. The third-order valence-electron chi connectivity index (χ3n) is 4.06. The number of urea groups is 1. The van der Waals surface area contributed by atoms with Gasteiger partial charge in [0.1, 0.15) is 0 Å². The van der Waals surface area contributed by atoms with Gasteiger partial charge in [-0.15, -0.1) is 11.3 Å². The molecule has 5 nitrogen and oxygen atoms in total. The highest BCUT2D eigenvalue weighted by Gasteiger charge is 2.30. The van der Waals surface area contributed by atoms with E-state index in [0.29, 0.717) is 17.8 Å². The third-order valence-corrected chi connectivity index (χ3v) is 5.87. The van der Waals surface area contributed by atoms with Crippen molar-refractivity contribution >= 4 is 32.9 Å². The monoisotopic (exact) mass is 364 g/mol. The molecule has 1 saturated heterocycles. The molecule has 0 spiro atoms. The lowest BCUT2D eigenvalue weighted by Crippen LogP contribution is -2.34. The predicted octanol–water partition coefficient (Wildman–Crippen LogP) is 3.66. The van der Waals surface area contributed by atoms with Crippen LogP contribution in [0, 0.1) is 0 Å². The van der Waals surface area contributed by atoms with E-state index in [1.54, 1.807) is 35.6 Å². The highest BCUT2D eigenvalue weighted by atomic mass is 32.2. The molecule has 0 aliphatic carbocycles. The Morgan fingerprint density at radius 2 is 2.08 bits per heavy atom. The minimum atomic E-state index is -3.16. The van der Waals surface area contributed by atoms with E-state index in [9.17, 15) is 13.2 Å². The number of carbonyl (C=O) groups is 1. The van der Waals surface area contributed by atoms with Crippen molar-refractivity contribution in [3.8, 4) is 0 Å².